The summed E-state index contributed by atoms with van der Waals surface area (Å²) in [5, 5.41) is 2.55. The van der Waals surface area contributed by atoms with Crippen molar-refractivity contribution in [2.75, 3.05) is 6.54 Å². The Morgan fingerprint density at radius 3 is 2.47 bits per heavy atom. The summed E-state index contributed by atoms with van der Waals surface area (Å²) >= 11 is 0. The van der Waals surface area contributed by atoms with Gasteiger partial charge >= 0.3 is 0 Å². The van der Waals surface area contributed by atoms with Crippen LogP contribution in [-0.4, -0.2) is 12.1 Å². The molecule has 0 saturated carbocycles. The molecule has 5 heteroatoms. The van der Waals surface area contributed by atoms with Gasteiger partial charge in [-0.2, -0.15) is 0 Å². The van der Waals surface area contributed by atoms with Gasteiger partial charge in [-0.15, -0.1) is 0 Å². The highest BCUT2D eigenvalue weighted by atomic mass is 19.2. The maximum atomic E-state index is 13.8. The van der Waals surface area contributed by atoms with Crippen LogP contribution in [-0.2, 0) is 0 Å². The lowest BCUT2D eigenvalue weighted by atomic mass is 10.1. The lowest BCUT2D eigenvalue weighted by Crippen LogP contribution is -2.43. The van der Waals surface area contributed by atoms with E-state index in [9.17, 15) is 13.2 Å². The summed E-state index contributed by atoms with van der Waals surface area (Å²) in [6.07, 6.45) is -1.56. The van der Waals surface area contributed by atoms with Gasteiger partial charge < -0.3 is 5.73 Å². The summed E-state index contributed by atoms with van der Waals surface area (Å²) in [4.78, 5) is 0. The fraction of sp³-hybridized carbons (Fsp3) is 0.500. The van der Waals surface area contributed by atoms with Crippen LogP contribution in [0.1, 0.15) is 31.3 Å². The molecule has 1 atom stereocenters. The van der Waals surface area contributed by atoms with Crippen LogP contribution < -0.4 is 11.1 Å². The number of rotatable bonds is 4. The van der Waals surface area contributed by atoms with Gasteiger partial charge in [0.25, 0.3) is 0 Å². The van der Waals surface area contributed by atoms with E-state index < -0.39 is 23.5 Å². The molecule has 0 saturated heterocycles. The van der Waals surface area contributed by atoms with E-state index in [4.69, 9.17) is 5.73 Å². The first-order valence-electron chi connectivity index (χ1n) is 5.33. The molecular formula is C12H17F3N2. The minimum Gasteiger partial charge on any atom is -0.324 e. The second-order valence-electron chi connectivity index (χ2n) is 4.81. The first kappa shape index (κ1) is 14.0. The Labute approximate surface area is 99.0 Å². The maximum absolute atomic E-state index is 13.8. The molecule has 0 aromatic heterocycles. The van der Waals surface area contributed by atoms with E-state index in [1.54, 1.807) is 13.8 Å². The third-order valence-corrected chi connectivity index (χ3v) is 2.39. The first-order chi connectivity index (χ1) is 7.72. The van der Waals surface area contributed by atoms with Gasteiger partial charge in [0.05, 0.1) is 0 Å². The van der Waals surface area contributed by atoms with Gasteiger partial charge in [0.15, 0.2) is 17.9 Å². The topological polar surface area (TPSA) is 38.0 Å². The predicted octanol–water partition coefficient (Wildman–Crippen LogP) is 2.57. The second-order valence-corrected chi connectivity index (χ2v) is 4.81. The molecule has 3 N–H and O–H groups in total. The monoisotopic (exact) mass is 246 g/mol. The van der Waals surface area contributed by atoms with E-state index in [1.807, 2.05) is 0 Å². The average molecular weight is 246 g/mol. The molecule has 1 rings (SSSR count). The van der Waals surface area contributed by atoms with Crippen LogP contribution in [0.5, 0.6) is 0 Å². The number of alkyl halides is 1. The quantitative estimate of drug-likeness (QED) is 0.801. The van der Waals surface area contributed by atoms with E-state index in [0.29, 0.717) is 0 Å². The predicted molar refractivity (Wildman–Crippen MR) is 61.2 cm³/mol. The first-order valence-corrected chi connectivity index (χ1v) is 5.33. The highest BCUT2D eigenvalue weighted by Crippen LogP contribution is 2.23. The van der Waals surface area contributed by atoms with Gasteiger partial charge in [-0.1, -0.05) is 6.07 Å². The Morgan fingerprint density at radius 2 is 1.94 bits per heavy atom. The van der Waals surface area contributed by atoms with Crippen molar-refractivity contribution in [1.82, 2.24) is 5.32 Å². The lowest BCUT2D eigenvalue weighted by molar-refractivity contribution is 0.258. The van der Waals surface area contributed by atoms with Crippen molar-refractivity contribution in [3.05, 3.63) is 34.9 Å². The summed E-state index contributed by atoms with van der Waals surface area (Å²) in [6, 6.07) is 2.15. The zero-order valence-corrected chi connectivity index (χ0v) is 10.2. The third kappa shape index (κ3) is 3.71. The Hall–Kier alpha value is -1.07. The molecule has 17 heavy (non-hydrogen) atoms. The number of hydrogen-bond acceptors (Lipinski definition) is 2. The second kappa shape index (κ2) is 5.06. The molecule has 0 bridgehead atoms. The number of halogens is 3. The summed E-state index contributed by atoms with van der Waals surface area (Å²) in [7, 11) is 0. The number of nitrogens with two attached hydrogens (primary N) is 1. The van der Waals surface area contributed by atoms with E-state index in [0.717, 1.165) is 6.07 Å². The summed E-state index contributed by atoms with van der Waals surface area (Å²) in [5.41, 5.74) is 5.18. The fourth-order valence-corrected chi connectivity index (χ4v) is 1.40. The minimum atomic E-state index is -1.56. The Bertz CT molecular complexity index is 399. The van der Waals surface area contributed by atoms with Crippen LogP contribution in [0.15, 0.2) is 12.1 Å². The highest BCUT2D eigenvalue weighted by molar-refractivity contribution is 5.29. The zero-order chi connectivity index (χ0) is 13.2. The molecule has 0 spiro atoms. The number of nitrogens with one attached hydrogen (secondary N) is 1. The molecule has 0 fully saturated rings. The smallest absolute Gasteiger partial charge is 0.177 e. The van der Waals surface area contributed by atoms with Crippen molar-refractivity contribution < 1.29 is 13.2 Å². The molecule has 0 aliphatic carbocycles. The van der Waals surface area contributed by atoms with Crippen LogP contribution >= 0.6 is 0 Å². The Kier molecular flexibility index (Phi) is 4.16. The van der Waals surface area contributed by atoms with Crippen LogP contribution in [0.3, 0.4) is 0 Å². The SMILES string of the molecule is Cc1c(C(F)NCC(C)(C)N)ccc(F)c1F. The van der Waals surface area contributed by atoms with Crippen molar-refractivity contribution >= 4 is 0 Å². The van der Waals surface area contributed by atoms with E-state index in [2.05, 4.69) is 5.32 Å². The van der Waals surface area contributed by atoms with Gasteiger partial charge in [-0.25, -0.2) is 13.2 Å². The molecule has 0 aliphatic heterocycles. The largest absolute Gasteiger partial charge is 0.324 e. The van der Waals surface area contributed by atoms with Crippen molar-refractivity contribution in [2.45, 2.75) is 32.6 Å². The van der Waals surface area contributed by atoms with Crippen LogP contribution in [0.4, 0.5) is 13.2 Å². The molecule has 96 valence electrons. The third-order valence-electron chi connectivity index (χ3n) is 2.39. The van der Waals surface area contributed by atoms with Gasteiger partial charge in [0.1, 0.15) is 0 Å². The normalized spacial score (nSPS) is 13.8. The molecule has 0 aliphatic rings. The zero-order valence-electron chi connectivity index (χ0n) is 10.2. The highest BCUT2D eigenvalue weighted by Gasteiger charge is 2.19. The summed E-state index contributed by atoms with van der Waals surface area (Å²) in [5.74, 6) is -1.99. The number of benzene rings is 1. The fourth-order valence-electron chi connectivity index (χ4n) is 1.40. The van der Waals surface area contributed by atoms with Crippen LogP contribution in [0.25, 0.3) is 0 Å². The van der Waals surface area contributed by atoms with E-state index in [1.165, 1.54) is 13.0 Å². The van der Waals surface area contributed by atoms with Crippen molar-refractivity contribution in [3.63, 3.8) is 0 Å². The molecule has 1 aromatic carbocycles. The van der Waals surface area contributed by atoms with E-state index >= 15 is 0 Å². The molecule has 0 amide bonds. The van der Waals surface area contributed by atoms with Crippen molar-refractivity contribution in [2.24, 2.45) is 5.73 Å². The minimum absolute atomic E-state index is 0.0279. The molecule has 1 aromatic rings. The van der Waals surface area contributed by atoms with Gasteiger partial charge in [-0.05, 0) is 32.4 Å². The van der Waals surface area contributed by atoms with E-state index in [-0.39, 0.29) is 17.7 Å². The maximum Gasteiger partial charge on any atom is 0.177 e. The van der Waals surface area contributed by atoms with Gasteiger partial charge in [0, 0.05) is 17.6 Å². The number of hydrogen-bond donors (Lipinski definition) is 2. The van der Waals surface area contributed by atoms with Crippen molar-refractivity contribution in [1.29, 1.82) is 0 Å². The van der Waals surface area contributed by atoms with Gasteiger partial charge in [-0.3, -0.25) is 5.32 Å². The summed E-state index contributed by atoms with van der Waals surface area (Å²) in [6.45, 7) is 5.05. The van der Waals surface area contributed by atoms with Crippen LogP contribution in [0.2, 0.25) is 0 Å². The van der Waals surface area contributed by atoms with Gasteiger partial charge in [0.2, 0.25) is 0 Å². The molecule has 0 heterocycles. The average Bonchev–Trinajstić information content (AvgIpc) is 2.22. The lowest BCUT2D eigenvalue weighted by Gasteiger charge is -2.22. The van der Waals surface area contributed by atoms with Crippen molar-refractivity contribution in [3.8, 4) is 0 Å². The Balaban J connectivity index is 2.83. The molecule has 1 unspecified atom stereocenters. The molecular weight excluding hydrogens is 229 g/mol. The van der Waals surface area contributed by atoms with Crippen LogP contribution in [0, 0.1) is 18.6 Å². The standard InChI is InChI=1S/C12H17F3N2/c1-7-8(4-5-9(13)10(7)14)11(15)17-6-12(2,3)16/h4-5,11,17H,6,16H2,1-3H3. The molecule has 0 radical (unpaired) electrons. The molecule has 2 nitrogen and oxygen atoms in total. The summed E-state index contributed by atoms with van der Waals surface area (Å²) < 4.78 is 39.9. The Morgan fingerprint density at radius 1 is 1.35 bits per heavy atom.